The van der Waals surface area contributed by atoms with Gasteiger partial charge in [0.15, 0.2) is 0 Å². The summed E-state index contributed by atoms with van der Waals surface area (Å²) in [5.41, 5.74) is 6.72. The molecule has 0 aromatic carbocycles. The summed E-state index contributed by atoms with van der Waals surface area (Å²) in [7, 11) is 0. The predicted molar refractivity (Wildman–Crippen MR) is 91.1 cm³/mol. The van der Waals surface area contributed by atoms with Gasteiger partial charge in [0.1, 0.15) is 5.82 Å². The Morgan fingerprint density at radius 3 is 2.96 bits per heavy atom. The lowest BCUT2D eigenvalue weighted by Crippen LogP contribution is -2.49. The Bertz CT molecular complexity index is 771. The molecule has 128 valence electrons. The van der Waals surface area contributed by atoms with E-state index in [1.807, 2.05) is 6.92 Å². The van der Waals surface area contributed by atoms with Crippen LogP contribution in [0, 0.1) is 5.92 Å². The van der Waals surface area contributed by atoms with Gasteiger partial charge in [0.25, 0.3) is 0 Å². The second-order valence-electron chi connectivity index (χ2n) is 6.33. The maximum absolute atomic E-state index is 12.6. The van der Waals surface area contributed by atoms with Gasteiger partial charge in [-0.05, 0) is 25.7 Å². The molecule has 2 unspecified atom stereocenters. The van der Waals surface area contributed by atoms with Gasteiger partial charge in [0.05, 0.1) is 29.0 Å². The number of rotatable bonds is 2. The second-order valence-corrected chi connectivity index (χ2v) is 6.33. The summed E-state index contributed by atoms with van der Waals surface area (Å²) in [5.74, 6) is -0.403. The third kappa shape index (κ3) is 2.91. The van der Waals surface area contributed by atoms with E-state index in [0.717, 1.165) is 19.3 Å². The van der Waals surface area contributed by atoms with Crippen LogP contribution in [0.3, 0.4) is 0 Å². The Morgan fingerprint density at radius 1 is 1.42 bits per heavy atom. The first kappa shape index (κ1) is 16.2. The molecule has 4 N–H and O–H groups in total. The zero-order valence-electron chi connectivity index (χ0n) is 13.9. The van der Waals surface area contributed by atoms with Crippen molar-refractivity contribution in [3.8, 4) is 0 Å². The molecule has 2 aromatic rings. The van der Waals surface area contributed by atoms with Crippen molar-refractivity contribution in [3.63, 3.8) is 0 Å². The highest BCUT2D eigenvalue weighted by atomic mass is 16.2. The van der Waals surface area contributed by atoms with E-state index >= 15 is 0 Å². The number of carbonyl (C=O) groups excluding carboxylic acids is 2. The first-order valence-electron chi connectivity index (χ1n) is 8.20. The SMILES string of the molecule is CCC1CCC(C)N(C(=O)C(=O)Nc2cnc(N)c3cn[nH]c23)C1. The van der Waals surface area contributed by atoms with E-state index in [1.165, 1.54) is 12.4 Å². The minimum absolute atomic E-state index is 0.0720. The molecular weight excluding hydrogens is 308 g/mol. The minimum Gasteiger partial charge on any atom is -0.383 e. The summed E-state index contributed by atoms with van der Waals surface area (Å²) in [5, 5.41) is 9.91. The smallest absolute Gasteiger partial charge is 0.314 e. The molecule has 24 heavy (non-hydrogen) atoms. The highest BCUT2D eigenvalue weighted by Gasteiger charge is 2.32. The molecule has 2 aromatic heterocycles. The Kier molecular flexibility index (Phi) is 4.37. The molecule has 2 atom stereocenters. The normalized spacial score (nSPS) is 21.0. The maximum Gasteiger partial charge on any atom is 0.314 e. The number of amides is 2. The van der Waals surface area contributed by atoms with Crippen molar-refractivity contribution in [2.24, 2.45) is 5.92 Å². The molecule has 0 spiro atoms. The Hall–Kier alpha value is -2.64. The van der Waals surface area contributed by atoms with Crippen LogP contribution in [0.4, 0.5) is 11.5 Å². The number of nitrogens with two attached hydrogens (primary N) is 1. The number of carbonyl (C=O) groups is 2. The number of hydrogen-bond donors (Lipinski definition) is 3. The average Bonchev–Trinajstić information content (AvgIpc) is 3.08. The van der Waals surface area contributed by atoms with Crippen LogP contribution >= 0.6 is 0 Å². The molecule has 1 aliphatic rings. The van der Waals surface area contributed by atoms with Crippen LogP contribution in [0.5, 0.6) is 0 Å². The van der Waals surface area contributed by atoms with Crippen LogP contribution in [0.15, 0.2) is 12.4 Å². The molecular formula is C16H22N6O2. The first-order chi connectivity index (χ1) is 11.5. The molecule has 0 radical (unpaired) electrons. The molecule has 3 rings (SSSR count). The summed E-state index contributed by atoms with van der Waals surface area (Å²) >= 11 is 0. The average molecular weight is 330 g/mol. The van der Waals surface area contributed by atoms with Gasteiger partial charge in [-0.1, -0.05) is 13.3 Å². The van der Waals surface area contributed by atoms with Gasteiger partial charge in [0.2, 0.25) is 0 Å². The zero-order valence-corrected chi connectivity index (χ0v) is 13.9. The van der Waals surface area contributed by atoms with Gasteiger partial charge in [-0.3, -0.25) is 14.7 Å². The number of H-pyrrole nitrogens is 1. The van der Waals surface area contributed by atoms with Gasteiger partial charge < -0.3 is 16.0 Å². The summed E-state index contributed by atoms with van der Waals surface area (Å²) in [6, 6.07) is 0.0720. The predicted octanol–water partition coefficient (Wildman–Crippen LogP) is 1.52. The lowest BCUT2D eigenvalue weighted by molar-refractivity contribution is -0.146. The number of nitrogens with one attached hydrogen (secondary N) is 2. The van der Waals surface area contributed by atoms with E-state index in [4.69, 9.17) is 5.73 Å². The van der Waals surface area contributed by atoms with E-state index in [-0.39, 0.29) is 6.04 Å². The number of piperidine rings is 1. The van der Waals surface area contributed by atoms with E-state index in [9.17, 15) is 9.59 Å². The van der Waals surface area contributed by atoms with Crippen molar-refractivity contribution in [2.75, 3.05) is 17.6 Å². The number of anilines is 2. The zero-order chi connectivity index (χ0) is 17.3. The molecule has 2 amide bonds. The van der Waals surface area contributed by atoms with Gasteiger partial charge in [0, 0.05) is 12.6 Å². The van der Waals surface area contributed by atoms with Crippen molar-refractivity contribution in [1.29, 1.82) is 0 Å². The third-order valence-corrected chi connectivity index (χ3v) is 4.78. The number of nitrogens with zero attached hydrogens (tertiary/aromatic N) is 3. The summed E-state index contributed by atoms with van der Waals surface area (Å²) < 4.78 is 0. The number of aromatic amines is 1. The number of pyridine rings is 1. The molecule has 0 saturated carbocycles. The van der Waals surface area contributed by atoms with Gasteiger partial charge >= 0.3 is 11.8 Å². The van der Waals surface area contributed by atoms with Crippen LogP contribution in [0.25, 0.3) is 10.9 Å². The summed E-state index contributed by atoms with van der Waals surface area (Å²) in [6.07, 6.45) is 5.99. The minimum atomic E-state index is -0.666. The van der Waals surface area contributed by atoms with Gasteiger partial charge in [-0.25, -0.2) is 4.98 Å². The maximum atomic E-state index is 12.6. The molecule has 1 aliphatic heterocycles. The third-order valence-electron chi connectivity index (χ3n) is 4.78. The lowest BCUT2D eigenvalue weighted by atomic mass is 9.91. The van der Waals surface area contributed by atoms with E-state index in [1.54, 1.807) is 4.90 Å². The Balaban J connectivity index is 1.77. The second kappa shape index (κ2) is 6.46. The monoisotopic (exact) mass is 330 g/mol. The lowest BCUT2D eigenvalue weighted by Gasteiger charge is -2.37. The fourth-order valence-corrected chi connectivity index (χ4v) is 3.15. The van der Waals surface area contributed by atoms with Crippen LogP contribution in [0.2, 0.25) is 0 Å². The van der Waals surface area contributed by atoms with Crippen LogP contribution in [0.1, 0.15) is 33.1 Å². The van der Waals surface area contributed by atoms with Crippen molar-refractivity contribution in [2.45, 2.75) is 39.2 Å². The topological polar surface area (TPSA) is 117 Å². The quantitative estimate of drug-likeness (QED) is 0.722. The van der Waals surface area contributed by atoms with Crippen molar-refractivity contribution in [3.05, 3.63) is 12.4 Å². The number of likely N-dealkylation sites (tertiary alicyclic amines) is 1. The Labute approximate surface area is 139 Å². The van der Waals surface area contributed by atoms with Gasteiger partial charge in [-0.2, -0.15) is 5.10 Å². The van der Waals surface area contributed by atoms with Crippen LogP contribution in [-0.4, -0.2) is 44.5 Å². The molecule has 8 nitrogen and oxygen atoms in total. The van der Waals surface area contributed by atoms with Crippen molar-refractivity contribution in [1.82, 2.24) is 20.1 Å². The molecule has 3 heterocycles. The van der Waals surface area contributed by atoms with Crippen LogP contribution in [-0.2, 0) is 9.59 Å². The molecule has 0 aliphatic carbocycles. The van der Waals surface area contributed by atoms with Gasteiger partial charge in [-0.15, -0.1) is 0 Å². The summed E-state index contributed by atoms with van der Waals surface area (Å²) in [6.45, 7) is 4.72. The number of hydrogen-bond acceptors (Lipinski definition) is 5. The number of aromatic nitrogens is 3. The molecule has 0 bridgehead atoms. The highest BCUT2D eigenvalue weighted by Crippen LogP contribution is 2.26. The standard InChI is InChI=1S/C16H22N6O2/c1-3-10-5-4-9(2)22(8-10)16(24)15(23)20-12-7-18-14(17)11-6-19-21-13(11)12/h6-7,9-10H,3-5,8H2,1-2H3,(H2,17,18)(H,19,21)(H,20,23). The number of fused-ring (bicyclic) bond motifs is 1. The number of nitrogen functional groups attached to an aromatic ring is 1. The fraction of sp³-hybridized carbons (Fsp3) is 0.500. The van der Waals surface area contributed by atoms with Crippen molar-refractivity contribution < 1.29 is 9.59 Å². The first-order valence-corrected chi connectivity index (χ1v) is 8.20. The van der Waals surface area contributed by atoms with E-state index < -0.39 is 11.8 Å². The largest absolute Gasteiger partial charge is 0.383 e. The highest BCUT2D eigenvalue weighted by molar-refractivity contribution is 6.40. The summed E-state index contributed by atoms with van der Waals surface area (Å²) in [4.78, 5) is 30.7. The van der Waals surface area contributed by atoms with Crippen molar-refractivity contribution >= 4 is 34.2 Å². The fourth-order valence-electron chi connectivity index (χ4n) is 3.15. The molecule has 1 fully saturated rings. The molecule has 1 saturated heterocycles. The van der Waals surface area contributed by atoms with E-state index in [2.05, 4.69) is 27.4 Å². The molecule has 8 heteroatoms. The van der Waals surface area contributed by atoms with Crippen LogP contribution < -0.4 is 11.1 Å². The Morgan fingerprint density at radius 2 is 2.21 bits per heavy atom. The van der Waals surface area contributed by atoms with E-state index in [0.29, 0.717) is 34.9 Å².